The van der Waals surface area contributed by atoms with E-state index in [4.69, 9.17) is 39.5 Å². The Morgan fingerprint density at radius 2 is 1.87 bits per heavy atom. The van der Waals surface area contributed by atoms with Gasteiger partial charge in [-0.1, -0.05) is 34.8 Å². The molecule has 0 bridgehead atoms. The summed E-state index contributed by atoms with van der Waals surface area (Å²) in [4.78, 5) is 32.1. The Morgan fingerprint density at radius 3 is 2.55 bits per heavy atom. The van der Waals surface area contributed by atoms with Crippen LogP contribution < -0.4 is 10.9 Å². The number of benzene rings is 2. The second kappa shape index (κ2) is 9.87. The van der Waals surface area contributed by atoms with E-state index in [0.29, 0.717) is 44.1 Å². The van der Waals surface area contributed by atoms with Crippen molar-refractivity contribution in [3.63, 3.8) is 0 Å². The molecule has 0 spiro atoms. The number of halogens is 3. The van der Waals surface area contributed by atoms with Crippen LogP contribution in [0.3, 0.4) is 0 Å². The fraction of sp³-hybridized carbons (Fsp3) is 0.286. The van der Waals surface area contributed by atoms with Gasteiger partial charge in [0.15, 0.2) is 0 Å². The molecule has 7 nitrogen and oxygen atoms in total. The molecule has 31 heavy (non-hydrogen) atoms. The average molecular weight is 484 g/mol. The van der Waals surface area contributed by atoms with Crippen LogP contribution in [0.4, 0.5) is 10.5 Å². The lowest BCUT2D eigenvalue weighted by Gasteiger charge is -2.30. The van der Waals surface area contributed by atoms with Crippen molar-refractivity contribution in [3.8, 4) is 0 Å². The summed E-state index contributed by atoms with van der Waals surface area (Å²) < 4.78 is 6.59. The van der Waals surface area contributed by atoms with Crippen LogP contribution in [0.15, 0.2) is 41.2 Å². The topological polar surface area (TPSA) is 76.5 Å². The predicted octanol–water partition coefficient (Wildman–Crippen LogP) is 5.14. The van der Waals surface area contributed by atoms with Crippen molar-refractivity contribution in [1.29, 1.82) is 0 Å². The maximum Gasteiger partial charge on any atom is 0.322 e. The number of methoxy groups -OCH3 is 1. The first-order chi connectivity index (χ1) is 14.7. The Labute approximate surface area is 194 Å². The standard InChI is InChI=1S/C21H21Cl3N4O3/c1-12(19-25-17-6-4-13(22)10-15(17)20(29)27(19)2)28(8-9-31-3)21(30)26-18-7-5-14(23)11-16(18)24/h4-7,10-12H,8-9H2,1-3H3,(H,26,30). The fourth-order valence-electron chi connectivity index (χ4n) is 3.21. The summed E-state index contributed by atoms with van der Waals surface area (Å²) in [6.45, 7) is 2.36. The van der Waals surface area contributed by atoms with Crippen LogP contribution in [0.1, 0.15) is 18.8 Å². The quantitative estimate of drug-likeness (QED) is 0.527. The van der Waals surface area contributed by atoms with Gasteiger partial charge >= 0.3 is 6.03 Å². The van der Waals surface area contributed by atoms with Crippen molar-refractivity contribution in [2.45, 2.75) is 13.0 Å². The number of fused-ring (bicyclic) bond motifs is 1. The van der Waals surface area contributed by atoms with Gasteiger partial charge in [-0.05, 0) is 43.3 Å². The second-order valence-electron chi connectivity index (χ2n) is 6.91. The van der Waals surface area contributed by atoms with E-state index in [2.05, 4.69) is 10.3 Å². The number of hydrogen-bond acceptors (Lipinski definition) is 4. The number of amides is 2. The van der Waals surface area contributed by atoms with Crippen molar-refractivity contribution in [2.75, 3.05) is 25.6 Å². The van der Waals surface area contributed by atoms with Crippen LogP contribution in [0.2, 0.25) is 15.1 Å². The summed E-state index contributed by atoms with van der Waals surface area (Å²) in [6.07, 6.45) is 0. The van der Waals surface area contributed by atoms with Gasteiger partial charge < -0.3 is 15.0 Å². The van der Waals surface area contributed by atoms with E-state index < -0.39 is 12.1 Å². The van der Waals surface area contributed by atoms with E-state index in [1.807, 2.05) is 0 Å². The first-order valence-electron chi connectivity index (χ1n) is 9.40. The fourth-order valence-corrected chi connectivity index (χ4v) is 3.84. The predicted molar refractivity (Wildman–Crippen MR) is 124 cm³/mol. The molecule has 3 aromatic rings. The third-order valence-electron chi connectivity index (χ3n) is 4.88. The van der Waals surface area contributed by atoms with Gasteiger partial charge in [-0.2, -0.15) is 0 Å². The molecule has 1 aromatic heterocycles. The molecular weight excluding hydrogens is 463 g/mol. The van der Waals surface area contributed by atoms with Gasteiger partial charge in [0.05, 0.1) is 34.3 Å². The van der Waals surface area contributed by atoms with Crippen LogP contribution in [0.5, 0.6) is 0 Å². The second-order valence-corrected chi connectivity index (χ2v) is 8.19. The molecule has 0 radical (unpaired) electrons. The van der Waals surface area contributed by atoms with Gasteiger partial charge in [-0.25, -0.2) is 9.78 Å². The summed E-state index contributed by atoms with van der Waals surface area (Å²) >= 11 is 18.1. The van der Waals surface area contributed by atoms with Crippen molar-refractivity contribution in [3.05, 3.63) is 67.6 Å². The molecule has 1 N–H and O–H groups in total. The van der Waals surface area contributed by atoms with Gasteiger partial charge in [0, 0.05) is 30.7 Å². The molecule has 3 rings (SSSR count). The van der Waals surface area contributed by atoms with E-state index >= 15 is 0 Å². The minimum atomic E-state index is -0.543. The number of anilines is 1. The summed E-state index contributed by atoms with van der Waals surface area (Å²) in [5.74, 6) is 0.424. The lowest BCUT2D eigenvalue weighted by atomic mass is 10.2. The third kappa shape index (κ3) is 5.13. The lowest BCUT2D eigenvalue weighted by Crippen LogP contribution is -2.41. The Bertz CT molecular complexity index is 1180. The monoisotopic (exact) mass is 482 g/mol. The van der Waals surface area contributed by atoms with Gasteiger partial charge in [0.25, 0.3) is 5.56 Å². The highest BCUT2D eigenvalue weighted by Crippen LogP contribution is 2.27. The molecule has 1 atom stereocenters. The molecule has 0 saturated heterocycles. The number of carbonyl (C=O) groups is 1. The number of ether oxygens (including phenoxy) is 1. The van der Waals surface area contributed by atoms with Crippen LogP contribution in [-0.4, -0.2) is 40.7 Å². The SMILES string of the molecule is COCCN(C(=O)Nc1ccc(Cl)cc1Cl)C(C)c1nc2ccc(Cl)cc2c(=O)n1C. The van der Waals surface area contributed by atoms with Crippen molar-refractivity contribution < 1.29 is 9.53 Å². The highest BCUT2D eigenvalue weighted by atomic mass is 35.5. The Kier molecular flexibility index (Phi) is 7.43. The zero-order chi connectivity index (χ0) is 22.7. The van der Waals surface area contributed by atoms with Gasteiger partial charge in [-0.3, -0.25) is 9.36 Å². The third-order valence-corrected chi connectivity index (χ3v) is 5.67. The van der Waals surface area contributed by atoms with E-state index in [1.54, 1.807) is 57.5 Å². The normalized spacial score (nSPS) is 12.1. The number of urea groups is 1. The average Bonchev–Trinajstić information content (AvgIpc) is 2.73. The van der Waals surface area contributed by atoms with Gasteiger partial charge in [-0.15, -0.1) is 0 Å². The van der Waals surface area contributed by atoms with Gasteiger partial charge in [0.1, 0.15) is 5.82 Å². The summed E-state index contributed by atoms with van der Waals surface area (Å²) in [5, 5.41) is 4.42. The number of aromatic nitrogens is 2. The number of hydrogen-bond donors (Lipinski definition) is 1. The maximum absolute atomic E-state index is 13.1. The molecular formula is C21H21Cl3N4O3. The van der Waals surface area contributed by atoms with Crippen LogP contribution in [-0.2, 0) is 11.8 Å². The van der Waals surface area contributed by atoms with Crippen molar-refractivity contribution >= 4 is 57.4 Å². The number of rotatable bonds is 6. The largest absolute Gasteiger partial charge is 0.383 e. The van der Waals surface area contributed by atoms with E-state index in [-0.39, 0.29) is 12.1 Å². The first-order valence-corrected chi connectivity index (χ1v) is 10.5. The highest BCUT2D eigenvalue weighted by Gasteiger charge is 2.26. The van der Waals surface area contributed by atoms with E-state index in [0.717, 1.165) is 0 Å². The molecule has 2 aromatic carbocycles. The zero-order valence-electron chi connectivity index (χ0n) is 17.2. The molecule has 0 aliphatic heterocycles. The molecule has 0 fully saturated rings. The molecule has 1 unspecified atom stereocenters. The molecule has 0 aliphatic rings. The highest BCUT2D eigenvalue weighted by molar-refractivity contribution is 6.36. The van der Waals surface area contributed by atoms with Crippen LogP contribution in [0.25, 0.3) is 10.9 Å². The van der Waals surface area contributed by atoms with E-state index in [9.17, 15) is 9.59 Å². The molecule has 1 heterocycles. The Hall–Kier alpha value is -2.32. The molecule has 164 valence electrons. The minimum Gasteiger partial charge on any atom is -0.383 e. The number of carbonyl (C=O) groups excluding carboxylic acids is 1. The van der Waals surface area contributed by atoms with Crippen LogP contribution >= 0.6 is 34.8 Å². The first kappa shape index (κ1) is 23.3. The smallest absolute Gasteiger partial charge is 0.322 e. The number of nitrogens with one attached hydrogen (secondary N) is 1. The zero-order valence-corrected chi connectivity index (χ0v) is 19.4. The summed E-state index contributed by atoms with van der Waals surface area (Å²) in [6, 6.07) is 8.77. The summed E-state index contributed by atoms with van der Waals surface area (Å²) in [5.41, 5.74) is 0.671. The van der Waals surface area contributed by atoms with Gasteiger partial charge in [0.2, 0.25) is 0 Å². The van der Waals surface area contributed by atoms with E-state index in [1.165, 1.54) is 9.47 Å². The minimum absolute atomic E-state index is 0.248. The molecule has 2 amide bonds. The number of nitrogens with zero attached hydrogens (tertiary/aromatic N) is 3. The maximum atomic E-state index is 13.1. The molecule has 10 heteroatoms. The Morgan fingerprint density at radius 1 is 1.19 bits per heavy atom. The summed E-state index contributed by atoms with van der Waals surface area (Å²) in [7, 11) is 3.16. The molecule has 0 aliphatic carbocycles. The molecule has 0 saturated carbocycles. The van der Waals surface area contributed by atoms with Crippen molar-refractivity contribution in [2.24, 2.45) is 7.05 Å². The van der Waals surface area contributed by atoms with Crippen molar-refractivity contribution in [1.82, 2.24) is 14.5 Å². The van der Waals surface area contributed by atoms with Crippen LogP contribution in [0, 0.1) is 0 Å². The Balaban J connectivity index is 1.98. The lowest BCUT2D eigenvalue weighted by molar-refractivity contribution is 0.136.